The summed E-state index contributed by atoms with van der Waals surface area (Å²) < 4.78 is 0. The molecule has 6 nitrogen and oxygen atoms in total. The Morgan fingerprint density at radius 2 is 2.00 bits per heavy atom. The van der Waals surface area contributed by atoms with Crippen molar-refractivity contribution in [2.24, 2.45) is 5.92 Å². The third-order valence-electron chi connectivity index (χ3n) is 4.26. The average molecular weight is 282 g/mol. The fraction of sp³-hybridized carbons (Fsp3) is 0.786. The molecule has 1 aliphatic carbocycles. The lowest BCUT2D eigenvalue weighted by atomic mass is 10.0. The van der Waals surface area contributed by atoms with Crippen molar-refractivity contribution < 1.29 is 19.5 Å². The second kappa shape index (κ2) is 6.72. The number of aliphatic carboxylic acids is 1. The van der Waals surface area contributed by atoms with Gasteiger partial charge in [-0.05, 0) is 12.3 Å². The molecule has 1 aliphatic heterocycles. The minimum Gasteiger partial charge on any atom is -0.481 e. The van der Waals surface area contributed by atoms with Gasteiger partial charge in [0.25, 0.3) is 0 Å². The van der Waals surface area contributed by atoms with Crippen LogP contribution in [0.3, 0.4) is 0 Å². The molecule has 0 aromatic heterocycles. The van der Waals surface area contributed by atoms with Crippen molar-refractivity contribution >= 4 is 17.8 Å². The van der Waals surface area contributed by atoms with Crippen molar-refractivity contribution in [3.05, 3.63) is 0 Å². The summed E-state index contributed by atoms with van der Waals surface area (Å²) >= 11 is 0. The van der Waals surface area contributed by atoms with Crippen LogP contribution in [-0.2, 0) is 14.4 Å². The van der Waals surface area contributed by atoms with Gasteiger partial charge < -0.3 is 15.3 Å². The summed E-state index contributed by atoms with van der Waals surface area (Å²) in [4.78, 5) is 36.3. The number of hydrogen-bond acceptors (Lipinski definition) is 3. The van der Waals surface area contributed by atoms with Gasteiger partial charge in [0.05, 0.1) is 6.42 Å². The summed E-state index contributed by atoms with van der Waals surface area (Å²) in [7, 11) is 0. The summed E-state index contributed by atoms with van der Waals surface area (Å²) in [6.07, 6.45) is 5.82. The number of rotatable bonds is 5. The smallest absolute Gasteiger partial charge is 0.305 e. The number of nitrogens with one attached hydrogen (secondary N) is 1. The Bertz CT molecular complexity index is 391. The number of hydrogen-bond donors (Lipinski definition) is 2. The van der Waals surface area contributed by atoms with Gasteiger partial charge in [-0.15, -0.1) is 0 Å². The molecule has 2 fully saturated rings. The lowest BCUT2D eigenvalue weighted by Gasteiger charge is -2.34. The average Bonchev–Trinajstić information content (AvgIpc) is 2.91. The lowest BCUT2D eigenvalue weighted by Crippen LogP contribution is -2.57. The molecule has 6 heteroatoms. The minimum atomic E-state index is -1.05. The number of piperazine rings is 1. The van der Waals surface area contributed by atoms with E-state index in [1.165, 1.54) is 30.6 Å². The quantitative estimate of drug-likeness (QED) is 0.779. The van der Waals surface area contributed by atoms with Gasteiger partial charge in [0, 0.05) is 19.5 Å². The largest absolute Gasteiger partial charge is 0.481 e. The number of nitrogens with zero attached hydrogens (tertiary/aromatic N) is 1. The van der Waals surface area contributed by atoms with E-state index in [4.69, 9.17) is 5.11 Å². The van der Waals surface area contributed by atoms with E-state index in [-0.39, 0.29) is 18.2 Å². The highest BCUT2D eigenvalue weighted by atomic mass is 16.4. The zero-order chi connectivity index (χ0) is 14.5. The molecule has 1 saturated heterocycles. The van der Waals surface area contributed by atoms with Gasteiger partial charge in [0.1, 0.15) is 6.04 Å². The highest BCUT2D eigenvalue weighted by molar-refractivity contribution is 5.91. The van der Waals surface area contributed by atoms with Gasteiger partial charge >= 0.3 is 5.97 Å². The summed E-state index contributed by atoms with van der Waals surface area (Å²) in [6, 6.07) is -0.850. The Hall–Kier alpha value is -1.59. The van der Waals surface area contributed by atoms with Gasteiger partial charge in [-0.25, -0.2) is 0 Å². The number of carbonyl (C=O) groups excluding carboxylic acids is 2. The monoisotopic (exact) mass is 282 g/mol. The molecule has 1 unspecified atom stereocenters. The van der Waals surface area contributed by atoms with Gasteiger partial charge in [-0.2, -0.15) is 0 Å². The van der Waals surface area contributed by atoms with Crippen LogP contribution in [0, 0.1) is 5.92 Å². The van der Waals surface area contributed by atoms with Crippen molar-refractivity contribution in [1.82, 2.24) is 10.2 Å². The zero-order valence-corrected chi connectivity index (χ0v) is 11.6. The third kappa shape index (κ3) is 3.71. The van der Waals surface area contributed by atoms with Crippen molar-refractivity contribution in [3.63, 3.8) is 0 Å². The van der Waals surface area contributed by atoms with E-state index in [0.29, 0.717) is 25.4 Å². The van der Waals surface area contributed by atoms with E-state index in [2.05, 4.69) is 5.32 Å². The van der Waals surface area contributed by atoms with E-state index >= 15 is 0 Å². The molecule has 2 rings (SSSR count). The van der Waals surface area contributed by atoms with Crippen LogP contribution in [-0.4, -0.2) is 46.9 Å². The van der Waals surface area contributed by atoms with E-state index in [1.807, 2.05) is 0 Å². The van der Waals surface area contributed by atoms with Crippen LogP contribution in [0.15, 0.2) is 0 Å². The predicted molar refractivity (Wildman–Crippen MR) is 72.0 cm³/mol. The van der Waals surface area contributed by atoms with Crippen LogP contribution >= 0.6 is 0 Å². The SMILES string of the molecule is O=C(O)CC1C(=O)NCCN1C(=O)CCC1CCCC1. The van der Waals surface area contributed by atoms with E-state index in [9.17, 15) is 14.4 Å². The minimum absolute atomic E-state index is 0.0852. The molecular formula is C14H22N2O4. The summed E-state index contributed by atoms with van der Waals surface area (Å²) in [6.45, 7) is 0.817. The molecule has 2 N–H and O–H groups in total. The van der Waals surface area contributed by atoms with E-state index in [0.717, 1.165) is 6.42 Å². The molecule has 112 valence electrons. The fourth-order valence-electron chi connectivity index (χ4n) is 3.15. The maximum Gasteiger partial charge on any atom is 0.305 e. The first-order valence-corrected chi connectivity index (χ1v) is 7.37. The van der Waals surface area contributed by atoms with Gasteiger partial charge in [-0.1, -0.05) is 25.7 Å². The van der Waals surface area contributed by atoms with Gasteiger partial charge in [0.15, 0.2) is 0 Å². The molecule has 2 amide bonds. The van der Waals surface area contributed by atoms with Crippen LogP contribution in [0.25, 0.3) is 0 Å². The number of carboxylic acid groups (broad SMARTS) is 1. The molecule has 0 spiro atoms. The molecule has 1 saturated carbocycles. The van der Waals surface area contributed by atoms with Crippen LogP contribution in [0.5, 0.6) is 0 Å². The first-order valence-electron chi connectivity index (χ1n) is 7.37. The second-order valence-electron chi connectivity index (χ2n) is 5.68. The molecule has 0 aromatic rings. The number of carboxylic acids is 1. The molecule has 0 bridgehead atoms. The van der Waals surface area contributed by atoms with Crippen LogP contribution in [0.1, 0.15) is 44.9 Å². The van der Waals surface area contributed by atoms with Crippen molar-refractivity contribution in [1.29, 1.82) is 0 Å². The van der Waals surface area contributed by atoms with Crippen LogP contribution < -0.4 is 5.32 Å². The van der Waals surface area contributed by atoms with Crippen LogP contribution in [0.4, 0.5) is 0 Å². The van der Waals surface area contributed by atoms with E-state index in [1.54, 1.807) is 0 Å². The highest BCUT2D eigenvalue weighted by Gasteiger charge is 2.34. The number of amides is 2. The van der Waals surface area contributed by atoms with E-state index < -0.39 is 12.0 Å². The fourth-order valence-corrected chi connectivity index (χ4v) is 3.15. The lowest BCUT2D eigenvalue weighted by molar-refractivity contribution is -0.148. The molecule has 1 heterocycles. The Morgan fingerprint density at radius 3 is 2.65 bits per heavy atom. The summed E-state index contributed by atoms with van der Waals surface area (Å²) in [5.74, 6) is -0.873. The number of carbonyl (C=O) groups is 3. The van der Waals surface area contributed by atoms with Crippen molar-refractivity contribution in [2.45, 2.75) is 51.0 Å². The molecule has 1 atom stereocenters. The molecule has 0 radical (unpaired) electrons. The summed E-state index contributed by atoms with van der Waals surface area (Å²) in [5, 5.41) is 11.5. The molecule has 2 aliphatic rings. The Labute approximate surface area is 118 Å². The maximum absolute atomic E-state index is 12.2. The van der Waals surface area contributed by atoms with Gasteiger partial charge in [-0.3, -0.25) is 14.4 Å². The summed E-state index contributed by atoms with van der Waals surface area (Å²) in [5.41, 5.74) is 0. The molecular weight excluding hydrogens is 260 g/mol. The predicted octanol–water partition coefficient (Wildman–Crippen LogP) is 0.758. The molecule has 0 aromatic carbocycles. The topological polar surface area (TPSA) is 86.7 Å². The Kier molecular flexibility index (Phi) is 4.98. The van der Waals surface area contributed by atoms with Gasteiger partial charge in [0.2, 0.25) is 11.8 Å². The van der Waals surface area contributed by atoms with Crippen molar-refractivity contribution in [2.75, 3.05) is 13.1 Å². The van der Waals surface area contributed by atoms with Crippen LogP contribution in [0.2, 0.25) is 0 Å². The highest BCUT2D eigenvalue weighted by Crippen LogP contribution is 2.29. The normalized spacial score (nSPS) is 23.7. The first kappa shape index (κ1) is 14.8. The van der Waals surface area contributed by atoms with Crippen molar-refractivity contribution in [3.8, 4) is 0 Å². The molecule has 20 heavy (non-hydrogen) atoms. The second-order valence-corrected chi connectivity index (χ2v) is 5.68. The standard InChI is InChI=1S/C14H22N2O4/c17-12(6-5-10-3-1-2-4-10)16-8-7-15-14(20)11(16)9-13(18)19/h10-11H,1-9H2,(H,15,20)(H,18,19). The third-order valence-corrected chi connectivity index (χ3v) is 4.26. The Balaban J connectivity index is 1.90. The first-order chi connectivity index (χ1) is 9.58. The zero-order valence-electron chi connectivity index (χ0n) is 11.6. The Morgan fingerprint density at radius 1 is 1.30 bits per heavy atom. The maximum atomic E-state index is 12.2.